The van der Waals surface area contributed by atoms with E-state index in [0.717, 1.165) is 12.8 Å². The fourth-order valence-corrected chi connectivity index (χ4v) is 2.30. The molecule has 6 heteroatoms. The Hall–Kier alpha value is -1.14. The maximum atomic E-state index is 12.0. The Balaban J connectivity index is 2.66. The highest BCUT2D eigenvalue weighted by atomic mass is 16.6. The van der Waals surface area contributed by atoms with Crippen LogP contribution in [-0.2, 0) is 19.1 Å². The molecule has 0 amide bonds. The van der Waals surface area contributed by atoms with Gasteiger partial charge in [-0.1, -0.05) is 26.7 Å². The molecule has 1 aliphatic rings. The van der Waals surface area contributed by atoms with Crippen LogP contribution in [0.15, 0.2) is 0 Å². The summed E-state index contributed by atoms with van der Waals surface area (Å²) in [6.45, 7) is 3.39. The van der Waals surface area contributed by atoms with Crippen molar-refractivity contribution in [3.63, 3.8) is 0 Å². The van der Waals surface area contributed by atoms with Crippen LogP contribution in [0, 0.1) is 11.8 Å². The van der Waals surface area contributed by atoms with Crippen LogP contribution in [0.5, 0.6) is 0 Å². The molecule has 0 aliphatic heterocycles. The van der Waals surface area contributed by atoms with Crippen LogP contribution in [0.25, 0.3) is 0 Å². The molecule has 116 valence electrons. The summed E-state index contributed by atoms with van der Waals surface area (Å²) in [5, 5.41) is 18.7. The Morgan fingerprint density at radius 1 is 0.950 bits per heavy atom. The zero-order valence-corrected chi connectivity index (χ0v) is 12.1. The van der Waals surface area contributed by atoms with E-state index in [9.17, 15) is 19.8 Å². The Morgan fingerprint density at radius 2 is 1.30 bits per heavy atom. The van der Waals surface area contributed by atoms with E-state index in [4.69, 9.17) is 9.47 Å². The Kier molecular flexibility index (Phi) is 6.95. The highest BCUT2D eigenvalue weighted by Crippen LogP contribution is 2.32. The quantitative estimate of drug-likeness (QED) is 0.566. The molecule has 1 rings (SSSR count). The number of hydrogen-bond donors (Lipinski definition) is 2. The fourth-order valence-electron chi connectivity index (χ4n) is 2.30. The molecule has 1 aliphatic carbocycles. The van der Waals surface area contributed by atoms with E-state index >= 15 is 0 Å². The topological polar surface area (TPSA) is 93.1 Å². The lowest BCUT2D eigenvalue weighted by molar-refractivity contribution is -0.187. The molecule has 4 unspecified atom stereocenters. The maximum Gasteiger partial charge on any atom is 0.312 e. The predicted octanol–water partition coefficient (Wildman–Crippen LogP) is 1.34. The van der Waals surface area contributed by atoms with Crippen molar-refractivity contribution in [2.75, 3.05) is 0 Å². The summed E-state index contributed by atoms with van der Waals surface area (Å²) in [6.07, 6.45) is 1.09. The van der Waals surface area contributed by atoms with E-state index in [1.807, 2.05) is 0 Å². The van der Waals surface area contributed by atoms with Crippen LogP contribution in [0.4, 0.5) is 0 Å². The third-order valence-corrected chi connectivity index (χ3v) is 3.57. The van der Waals surface area contributed by atoms with Gasteiger partial charge >= 0.3 is 11.9 Å². The summed E-state index contributed by atoms with van der Waals surface area (Å²) in [6, 6.07) is 0. The van der Waals surface area contributed by atoms with Crippen molar-refractivity contribution in [2.24, 2.45) is 11.8 Å². The highest BCUT2D eigenvalue weighted by molar-refractivity contribution is 5.82. The van der Waals surface area contributed by atoms with Crippen LogP contribution in [-0.4, -0.2) is 34.7 Å². The van der Waals surface area contributed by atoms with Gasteiger partial charge in [0.25, 0.3) is 0 Å². The van der Waals surface area contributed by atoms with E-state index in [1.54, 1.807) is 13.8 Å². The Labute approximate surface area is 119 Å². The second kappa shape index (κ2) is 8.21. The molecule has 20 heavy (non-hydrogen) atoms. The van der Waals surface area contributed by atoms with Gasteiger partial charge in [-0.05, 0) is 12.8 Å². The summed E-state index contributed by atoms with van der Waals surface area (Å²) < 4.78 is 9.79. The molecule has 2 N–H and O–H groups in total. The minimum atomic E-state index is -1.14. The molecule has 0 spiro atoms. The molecular weight excluding hydrogens is 264 g/mol. The van der Waals surface area contributed by atoms with E-state index in [1.165, 1.54) is 0 Å². The fraction of sp³-hybridized carbons (Fsp3) is 0.857. The largest absolute Gasteiger partial charge is 0.436 e. The summed E-state index contributed by atoms with van der Waals surface area (Å²) >= 11 is 0. The number of aliphatic hydroxyl groups excluding tert-OH is 2. The molecule has 0 radical (unpaired) electrons. The van der Waals surface area contributed by atoms with Gasteiger partial charge in [0, 0.05) is 12.8 Å². The maximum absolute atomic E-state index is 12.0. The van der Waals surface area contributed by atoms with E-state index in [0.29, 0.717) is 25.7 Å². The van der Waals surface area contributed by atoms with E-state index < -0.39 is 36.4 Å². The van der Waals surface area contributed by atoms with Crippen LogP contribution in [0.3, 0.4) is 0 Å². The summed E-state index contributed by atoms with van der Waals surface area (Å²) in [5.41, 5.74) is 0. The minimum absolute atomic E-state index is 0.308. The SMILES string of the molecule is CCC(O)OC(=O)C1CCCCC1C(=O)OC(O)CC. The first kappa shape index (κ1) is 16.9. The lowest BCUT2D eigenvalue weighted by atomic mass is 9.79. The average Bonchev–Trinajstić information content (AvgIpc) is 2.46. The van der Waals surface area contributed by atoms with Gasteiger partial charge in [-0.2, -0.15) is 0 Å². The first-order valence-corrected chi connectivity index (χ1v) is 7.26. The second-order valence-electron chi connectivity index (χ2n) is 5.10. The number of esters is 2. The first-order chi connectivity index (χ1) is 9.49. The molecular formula is C14H24O6. The van der Waals surface area contributed by atoms with Crippen LogP contribution >= 0.6 is 0 Å². The van der Waals surface area contributed by atoms with Crippen molar-refractivity contribution < 1.29 is 29.3 Å². The molecule has 6 nitrogen and oxygen atoms in total. The van der Waals surface area contributed by atoms with Gasteiger partial charge < -0.3 is 19.7 Å². The number of rotatable bonds is 6. The average molecular weight is 288 g/mol. The monoisotopic (exact) mass is 288 g/mol. The number of aliphatic hydroxyl groups is 2. The Bertz CT molecular complexity index is 298. The molecule has 1 fully saturated rings. The zero-order chi connectivity index (χ0) is 15.1. The van der Waals surface area contributed by atoms with Gasteiger partial charge in [-0.15, -0.1) is 0 Å². The molecule has 0 saturated heterocycles. The number of carbonyl (C=O) groups is 2. The normalized spacial score (nSPS) is 25.6. The van der Waals surface area contributed by atoms with Crippen LogP contribution in [0.2, 0.25) is 0 Å². The highest BCUT2D eigenvalue weighted by Gasteiger charge is 2.39. The van der Waals surface area contributed by atoms with Crippen molar-refractivity contribution in [1.29, 1.82) is 0 Å². The van der Waals surface area contributed by atoms with Crippen LogP contribution < -0.4 is 0 Å². The van der Waals surface area contributed by atoms with Crippen molar-refractivity contribution in [2.45, 2.75) is 65.0 Å². The van der Waals surface area contributed by atoms with Gasteiger partial charge in [-0.25, -0.2) is 0 Å². The third kappa shape index (κ3) is 4.76. The standard InChI is InChI=1S/C14H24O6/c1-3-11(15)19-13(17)9-7-5-6-8-10(9)14(18)20-12(16)4-2/h9-12,15-16H,3-8H2,1-2H3. The molecule has 4 atom stereocenters. The molecule has 0 aromatic rings. The third-order valence-electron chi connectivity index (χ3n) is 3.57. The van der Waals surface area contributed by atoms with Gasteiger partial charge in [-0.3, -0.25) is 9.59 Å². The second-order valence-corrected chi connectivity index (χ2v) is 5.10. The summed E-state index contributed by atoms with van der Waals surface area (Å²) in [4.78, 5) is 24.0. The van der Waals surface area contributed by atoms with Gasteiger partial charge in [0.05, 0.1) is 11.8 Å². The first-order valence-electron chi connectivity index (χ1n) is 7.26. The van der Waals surface area contributed by atoms with E-state index in [-0.39, 0.29) is 0 Å². The number of carbonyl (C=O) groups excluding carboxylic acids is 2. The Morgan fingerprint density at radius 3 is 1.60 bits per heavy atom. The van der Waals surface area contributed by atoms with Gasteiger partial charge in [0.1, 0.15) is 0 Å². The lowest BCUT2D eigenvalue weighted by Gasteiger charge is -2.29. The zero-order valence-electron chi connectivity index (χ0n) is 12.1. The number of hydrogen-bond acceptors (Lipinski definition) is 6. The molecule has 0 heterocycles. The van der Waals surface area contributed by atoms with Gasteiger partial charge in [0.2, 0.25) is 0 Å². The molecule has 0 aromatic carbocycles. The smallest absolute Gasteiger partial charge is 0.312 e. The number of ether oxygens (including phenoxy) is 2. The van der Waals surface area contributed by atoms with Crippen molar-refractivity contribution >= 4 is 11.9 Å². The van der Waals surface area contributed by atoms with Crippen molar-refractivity contribution in [3.8, 4) is 0 Å². The van der Waals surface area contributed by atoms with Crippen molar-refractivity contribution in [1.82, 2.24) is 0 Å². The van der Waals surface area contributed by atoms with E-state index in [2.05, 4.69) is 0 Å². The molecule has 1 saturated carbocycles. The molecule has 0 aromatic heterocycles. The molecule has 0 bridgehead atoms. The predicted molar refractivity (Wildman–Crippen MR) is 70.2 cm³/mol. The van der Waals surface area contributed by atoms with Crippen LogP contribution in [0.1, 0.15) is 52.4 Å². The lowest BCUT2D eigenvalue weighted by Crippen LogP contribution is -2.37. The van der Waals surface area contributed by atoms with Crippen molar-refractivity contribution in [3.05, 3.63) is 0 Å². The minimum Gasteiger partial charge on any atom is -0.436 e. The summed E-state index contributed by atoms with van der Waals surface area (Å²) in [7, 11) is 0. The van der Waals surface area contributed by atoms with Gasteiger partial charge in [0.15, 0.2) is 12.6 Å². The summed E-state index contributed by atoms with van der Waals surface area (Å²) in [5.74, 6) is -2.32.